The van der Waals surface area contributed by atoms with Crippen molar-refractivity contribution in [3.8, 4) is 6.07 Å². The lowest BCUT2D eigenvalue weighted by molar-refractivity contribution is 0.0945. The van der Waals surface area contributed by atoms with E-state index in [1.165, 1.54) is 4.90 Å². The SMILES string of the molecule is N#Cc1cc(CCCOCCC2CCN(C(=O)O)CC2)ccn1. The largest absolute Gasteiger partial charge is 0.465 e. The third-order valence-electron chi connectivity index (χ3n) is 4.25. The summed E-state index contributed by atoms with van der Waals surface area (Å²) in [4.78, 5) is 16.3. The van der Waals surface area contributed by atoms with Crippen LogP contribution < -0.4 is 0 Å². The molecular formula is C17H23N3O3. The highest BCUT2D eigenvalue weighted by Crippen LogP contribution is 2.20. The molecule has 0 bridgehead atoms. The number of piperidine rings is 1. The minimum Gasteiger partial charge on any atom is -0.465 e. The van der Waals surface area contributed by atoms with Gasteiger partial charge in [0.25, 0.3) is 0 Å². The minimum atomic E-state index is -0.810. The Bertz CT molecular complexity index is 548. The molecule has 1 fully saturated rings. The fourth-order valence-corrected chi connectivity index (χ4v) is 2.83. The third kappa shape index (κ3) is 5.87. The van der Waals surface area contributed by atoms with Crippen molar-refractivity contribution in [2.75, 3.05) is 26.3 Å². The van der Waals surface area contributed by atoms with Gasteiger partial charge in [0.1, 0.15) is 11.8 Å². The van der Waals surface area contributed by atoms with Crippen LogP contribution in [0.4, 0.5) is 4.79 Å². The predicted molar refractivity (Wildman–Crippen MR) is 85.0 cm³/mol. The Morgan fingerprint density at radius 1 is 1.43 bits per heavy atom. The summed E-state index contributed by atoms with van der Waals surface area (Å²) in [5.41, 5.74) is 1.57. The zero-order valence-corrected chi connectivity index (χ0v) is 13.3. The molecule has 1 aromatic rings. The number of amides is 1. The number of likely N-dealkylation sites (tertiary alicyclic amines) is 1. The van der Waals surface area contributed by atoms with E-state index in [0.29, 0.717) is 31.3 Å². The summed E-state index contributed by atoms with van der Waals surface area (Å²) in [5, 5.41) is 17.7. The van der Waals surface area contributed by atoms with Crippen LogP contribution in [0.2, 0.25) is 0 Å². The van der Waals surface area contributed by atoms with Gasteiger partial charge in [0.2, 0.25) is 0 Å². The van der Waals surface area contributed by atoms with Crippen molar-refractivity contribution < 1.29 is 14.6 Å². The van der Waals surface area contributed by atoms with Crippen LogP contribution in [0, 0.1) is 17.2 Å². The summed E-state index contributed by atoms with van der Waals surface area (Å²) in [6.07, 6.45) is 5.53. The van der Waals surface area contributed by atoms with Crippen molar-refractivity contribution in [3.63, 3.8) is 0 Å². The molecule has 6 heteroatoms. The number of aromatic nitrogens is 1. The molecule has 2 rings (SSSR count). The van der Waals surface area contributed by atoms with E-state index in [0.717, 1.165) is 44.3 Å². The van der Waals surface area contributed by atoms with Gasteiger partial charge in [0.05, 0.1) is 0 Å². The maximum Gasteiger partial charge on any atom is 0.407 e. The number of nitrogens with zero attached hydrogens (tertiary/aromatic N) is 3. The highest BCUT2D eigenvalue weighted by molar-refractivity contribution is 5.64. The molecule has 1 N–H and O–H groups in total. The number of ether oxygens (including phenoxy) is 1. The lowest BCUT2D eigenvalue weighted by Gasteiger charge is -2.29. The Labute approximate surface area is 136 Å². The molecule has 0 radical (unpaired) electrons. The van der Waals surface area contributed by atoms with Gasteiger partial charge >= 0.3 is 6.09 Å². The van der Waals surface area contributed by atoms with Gasteiger partial charge in [-0.15, -0.1) is 0 Å². The Morgan fingerprint density at radius 2 is 2.22 bits per heavy atom. The number of nitriles is 1. The highest BCUT2D eigenvalue weighted by Gasteiger charge is 2.21. The monoisotopic (exact) mass is 317 g/mol. The number of hydrogen-bond donors (Lipinski definition) is 1. The number of rotatable bonds is 7. The predicted octanol–water partition coefficient (Wildman–Crippen LogP) is 2.68. The maximum absolute atomic E-state index is 10.8. The lowest BCUT2D eigenvalue weighted by atomic mass is 9.94. The normalized spacial score (nSPS) is 15.3. The van der Waals surface area contributed by atoms with Crippen molar-refractivity contribution in [1.29, 1.82) is 5.26 Å². The molecule has 2 heterocycles. The number of carbonyl (C=O) groups is 1. The van der Waals surface area contributed by atoms with E-state index < -0.39 is 6.09 Å². The summed E-state index contributed by atoms with van der Waals surface area (Å²) in [6, 6.07) is 5.79. The van der Waals surface area contributed by atoms with Gasteiger partial charge in [-0.05, 0) is 55.7 Å². The number of carboxylic acid groups (broad SMARTS) is 1. The third-order valence-corrected chi connectivity index (χ3v) is 4.25. The maximum atomic E-state index is 10.8. The number of pyridine rings is 1. The van der Waals surface area contributed by atoms with Crippen LogP contribution in [-0.2, 0) is 11.2 Å². The molecule has 0 unspecified atom stereocenters. The van der Waals surface area contributed by atoms with Gasteiger partial charge in [0.15, 0.2) is 0 Å². The Balaban J connectivity index is 1.53. The summed E-state index contributed by atoms with van der Waals surface area (Å²) >= 11 is 0. The van der Waals surface area contributed by atoms with E-state index in [4.69, 9.17) is 15.1 Å². The molecule has 23 heavy (non-hydrogen) atoms. The van der Waals surface area contributed by atoms with E-state index in [2.05, 4.69) is 4.98 Å². The lowest BCUT2D eigenvalue weighted by Crippen LogP contribution is -2.37. The summed E-state index contributed by atoms with van der Waals surface area (Å²) < 4.78 is 5.68. The molecule has 6 nitrogen and oxygen atoms in total. The van der Waals surface area contributed by atoms with Crippen molar-refractivity contribution in [1.82, 2.24) is 9.88 Å². The molecule has 0 aromatic carbocycles. The van der Waals surface area contributed by atoms with E-state index in [-0.39, 0.29) is 0 Å². The average Bonchev–Trinajstić information content (AvgIpc) is 2.58. The van der Waals surface area contributed by atoms with E-state index in [9.17, 15) is 4.79 Å². The fourth-order valence-electron chi connectivity index (χ4n) is 2.83. The van der Waals surface area contributed by atoms with Gasteiger partial charge in [-0.3, -0.25) is 0 Å². The standard InChI is InChI=1S/C17H23N3O3/c18-13-16-12-15(3-7-19-16)2-1-10-23-11-6-14-4-8-20(9-5-14)17(21)22/h3,7,12,14H,1-2,4-6,8-11H2,(H,21,22). The van der Waals surface area contributed by atoms with Crippen LogP contribution >= 0.6 is 0 Å². The van der Waals surface area contributed by atoms with E-state index in [1.54, 1.807) is 6.20 Å². The molecular weight excluding hydrogens is 294 g/mol. The molecule has 1 saturated heterocycles. The zero-order valence-electron chi connectivity index (χ0n) is 13.3. The van der Waals surface area contributed by atoms with E-state index in [1.807, 2.05) is 18.2 Å². The molecule has 0 atom stereocenters. The van der Waals surface area contributed by atoms with Gasteiger partial charge in [-0.1, -0.05) is 0 Å². The van der Waals surface area contributed by atoms with Crippen molar-refractivity contribution >= 4 is 6.09 Å². The molecule has 0 spiro atoms. The topological polar surface area (TPSA) is 86.5 Å². The molecule has 0 aliphatic carbocycles. The van der Waals surface area contributed by atoms with Crippen molar-refractivity contribution in [3.05, 3.63) is 29.6 Å². The van der Waals surface area contributed by atoms with Crippen LogP contribution in [0.25, 0.3) is 0 Å². The van der Waals surface area contributed by atoms with Crippen molar-refractivity contribution in [2.24, 2.45) is 5.92 Å². The minimum absolute atomic E-state index is 0.455. The second-order valence-corrected chi connectivity index (χ2v) is 5.88. The summed E-state index contributed by atoms with van der Waals surface area (Å²) in [6.45, 7) is 2.72. The molecule has 1 amide bonds. The van der Waals surface area contributed by atoms with Crippen LogP contribution in [0.5, 0.6) is 0 Å². The zero-order chi connectivity index (χ0) is 16.5. The van der Waals surface area contributed by atoms with Crippen LogP contribution in [0.1, 0.15) is 36.9 Å². The first-order chi connectivity index (χ1) is 11.2. The molecule has 1 aliphatic rings. The van der Waals surface area contributed by atoms with Crippen LogP contribution in [0.15, 0.2) is 18.3 Å². The quantitative estimate of drug-likeness (QED) is 0.781. The molecule has 124 valence electrons. The van der Waals surface area contributed by atoms with Crippen molar-refractivity contribution in [2.45, 2.75) is 32.1 Å². The van der Waals surface area contributed by atoms with E-state index >= 15 is 0 Å². The average molecular weight is 317 g/mol. The first-order valence-corrected chi connectivity index (χ1v) is 8.09. The smallest absolute Gasteiger partial charge is 0.407 e. The first kappa shape index (κ1) is 17.2. The summed E-state index contributed by atoms with van der Waals surface area (Å²) in [7, 11) is 0. The summed E-state index contributed by atoms with van der Waals surface area (Å²) in [5.74, 6) is 0.573. The van der Waals surface area contributed by atoms with Gasteiger partial charge < -0.3 is 14.7 Å². The number of aryl methyl sites for hydroxylation is 1. The Morgan fingerprint density at radius 3 is 2.91 bits per heavy atom. The molecule has 0 saturated carbocycles. The Kier molecular flexibility index (Phi) is 6.82. The van der Waals surface area contributed by atoms with Crippen LogP contribution in [0.3, 0.4) is 0 Å². The molecule has 1 aromatic heterocycles. The Hall–Kier alpha value is -2.13. The number of hydrogen-bond acceptors (Lipinski definition) is 4. The fraction of sp³-hybridized carbons (Fsp3) is 0.588. The van der Waals surface area contributed by atoms with Gasteiger partial charge in [0, 0.05) is 32.5 Å². The first-order valence-electron chi connectivity index (χ1n) is 8.09. The second-order valence-electron chi connectivity index (χ2n) is 5.88. The van der Waals surface area contributed by atoms with Gasteiger partial charge in [-0.2, -0.15) is 5.26 Å². The molecule has 1 aliphatic heterocycles. The second kappa shape index (κ2) is 9.11. The van der Waals surface area contributed by atoms with Gasteiger partial charge in [-0.25, -0.2) is 9.78 Å². The highest BCUT2D eigenvalue weighted by atomic mass is 16.5. The van der Waals surface area contributed by atoms with Crippen LogP contribution in [-0.4, -0.2) is 47.4 Å².